The third kappa shape index (κ3) is 2.76. The van der Waals surface area contributed by atoms with Crippen LogP contribution < -0.4 is 4.74 Å². The second-order valence-corrected chi connectivity index (χ2v) is 7.15. The van der Waals surface area contributed by atoms with Crippen LogP contribution in [0, 0.1) is 5.82 Å². The van der Waals surface area contributed by atoms with Gasteiger partial charge in [-0.2, -0.15) is 8.78 Å². The Kier molecular flexibility index (Phi) is 4.37. The summed E-state index contributed by atoms with van der Waals surface area (Å²) in [7, 11) is 0. The van der Waals surface area contributed by atoms with Crippen LogP contribution in [0.3, 0.4) is 0 Å². The average Bonchev–Trinajstić information content (AvgIpc) is 3.06. The SMILES string of the molecule is O[C@H]1C[C@@H](c2c(Cl)cccc2OC(F)F)n2c1nc1cc(F)c(Br)cc12. The van der Waals surface area contributed by atoms with Crippen molar-refractivity contribution in [2.75, 3.05) is 0 Å². The van der Waals surface area contributed by atoms with Gasteiger partial charge < -0.3 is 14.4 Å². The molecule has 1 N–H and O–H groups in total. The fourth-order valence-corrected chi connectivity index (χ4v) is 4.00. The summed E-state index contributed by atoms with van der Waals surface area (Å²) in [4.78, 5) is 4.29. The van der Waals surface area contributed by atoms with Gasteiger partial charge in [0.15, 0.2) is 0 Å². The number of aliphatic hydroxyl groups excluding tert-OH is 1. The maximum atomic E-state index is 13.8. The predicted octanol–water partition coefficient (Wildman–Crippen LogP) is 5.22. The molecule has 2 heterocycles. The molecule has 26 heavy (non-hydrogen) atoms. The highest BCUT2D eigenvalue weighted by molar-refractivity contribution is 9.10. The minimum atomic E-state index is -3.01. The molecule has 1 aliphatic heterocycles. The zero-order valence-corrected chi connectivity index (χ0v) is 15.3. The number of alkyl halides is 2. The molecule has 0 saturated heterocycles. The molecule has 1 aliphatic rings. The van der Waals surface area contributed by atoms with E-state index >= 15 is 0 Å². The van der Waals surface area contributed by atoms with Gasteiger partial charge in [-0.3, -0.25) is 0 Å². The van der Waals surface area contributed by atoms with Crippen molar-refractivity contribution in [1.82, 2.24) is 9.55 Å². The van der Waals surface area contributed by atoms with Gasteiger partial charge in [0.2, 0.25) is 0 Å². The number of benzene rings is 2. The Balaban J connectivity index is 1.94. The topological polar surface area (TPSA) is 47.3 Å². The number of nitrogens with zero attached hydrogens (tertiary/aromatic N) is 2. The van der Waals surface area contributed by atoms with Crippen molar-refractivity contribution in [3.05, 3.63) is 57.0 Å². The van der Waals surface area contributed by atoms with E-state index in [9.17, 15) is 18.3 Å². The Labute approximate surface area is 159 Å². The van der Waals surface area contributed by atoms with Crippen molar-refractivity contribution in [2.45, 2.75) is 25.2 Å². The molecule has 9 heteroatoms. The highest BCUT2D eigenvalue weighted by atomic mass is 79.9. The number of ether oxygens (including phenoxy) is 1. The van der Waals surface area contributed by atoms with Gasteiger partial charge in [-0.05, 0) is 34.1 Å². The average molecular weight is 448 g/mol. The number of hydrogen-bond acceptors (Lipinski definition) is 3. The molecule has 0 fully saturated rings. The first kappa shape index (κ1) is 17.6. The lowest BCUT2D eigenvalue weighted by Crippen LogP contribution is -2.11. The van der Waals surface area contributed by atoms with Gasteiger partial charge in [-0.1, -0.05) is 17.7 Å². The van der Waals surface area contributed by atoms with E-state index in [2.05, 4.69) is 25.7 Å². The molecule has 0 unspecified atom stereocenters. The summed E-state index contributed by atoms with van der Waals surface area (Å²) in [6.45, 7) is -3.01. The number of rotatable bonds is 3. The second kappa shape index (κ2) is 6.44. The lowest BCUT2D eigenvalue weighted by atomic mass is 10.0. The smallest absolute Gasteiger partial charge is 0.387 e. The fourth-order valence-electron chi connectivity index (χ4n) is 3.38. The van der Waals surface area contributed by atoms with Crippen LogP contribution in [0.2, 0.25) is 5.02 Å². The minimum absolute atomic E-state index is 0.0689. The van der Waals surface area contributed by atoms with Gasteiger partial charge in [0, 0.05) is 23.1 Å². The fraction of sp³-hybridized carbons (Fsp3) is 0.235. The highest BCUT2D eigenvalue weighted by Gasteiger charge is 2.37. The van der Waals surface area contributed by atoms with Crippen molar-refractivity contribution < 1.29 is 23.0 Å². The number of aliphatic hydroxyl groups is 1. The summed E-state index contributed by atoms with van der Waals surface area (Å²) in [5.41, 5.74) is 1.23. The molecular formula is C17H11BrClF3N2O2. The molecule has 0 aliphatic carbocycles. The third-order valence-electron chi connectivity index (χ3n) is 4.38. The summed E-state index contributed by atoms with van der Waals surface area (Å²) in [6, 6.07) is 6.67. The molecule has 2 aromatic carbocycles. The minimum Gasteiger partial charge on any atom is -0.434 e. The van der Waals surface area contributed by atoms with Gasteiger partial charge in [0.05, 0.1) is 21.5 Å². The lowest BCUT2D eigenvalue weighted by molar-refractivity contribution is -0.0507. The first-order valence-corrected chi connectivity index (χ1v) is 8.82. The van der Waals surface area contributed by atoms with E-state index in [1.807, 2.05) is 0 Å². The summed E-state index contributed by atoms with van der Waals surface area (Å²) in [6.07, 6.45) is -0.749. The van der Waals surface area contributed by atoms with Crippen LogP contribution in [0.15, 0.2) is 34.8 Å². The Morgan fingerprint density at radius 1 is 1.35 bits per heavy atom. The van der Waals surface area contributed by atoms with Crippen LogP contribution in [0.5, 0.6) is 5.75 Å². The van der Waals surface area contributed by atoms with E-state index in [1.54, 1.807) is 10.6 Å². The molecule has 1 aromatic heterocycles. The molecule has 4 rings (SSSR count). The van der Waals surface area contributed by atoms with Crippen LogP contribution in [0.4, 0.5) is 13.2 Å². The summed E-state index contributed by atoms with van der Waals surface area (Å²) in [5.74, 6) is -0.231. The van der Waals surface area contributed by atoms with E-state index in [1.165, 1.54) is 24.3 Å². The number of fused-ring (bicyclic) bond motifs is 3. The van der Waals surface area contributed by atoms with Crippen LogP contribution in [-0.4, -0.2) is 21.3 Å². The van der Waals surface area contributed by atoms with Crippen LogP contribution >= 0.6 is 27.5 Å². The van der Waals surface area contributed by atoms with E-state index in [-0.39, 0.29) is 21.7 Å². The van der Waals surface area contributed by atoms with Gasteiger partial charge in [-0.15, -0.1) is 0 Å². The molecule has 4 nitrogen and oxygen atoms in total. The maximum absolute atomic E-state index is 13.8. The summed E-state index contributed by atoms with van der Waals surface area (Å²) < 4.78 is 46.0. The van der Waals surface area contributed by atoms with Crippen molar-refractivity contribution in [3.8, 4) is 5.75 Å². The number of halogens is 5. The zero-order chi connectivity index (χ0) is 18.6. The van der Waals surface area contributed by atoms with Crippen LogP contribution in [-0.2, 0) is 0 Å². The first-order chi connectivity index (χ1) is 12.4. The van der Waals surface area contributed by atoms with Crippen molar-refractivity contribution >= 4 is 38.6 Å². The largest absolute Gasteiger partial charge is 0.434 e. The molecule has 0 saturated carbocycles. The van der Waals surface area contributed by atoms with E-state index in [4.69, 9.17) is 11.6 Å². The molecule has 2 atom stereocenters. The molecular weight excluding hydrogens is 437 g/mol. The number of imidazole rings is 1. The molecule has 3 aromatic rings. The van der Waals surface area contributed by atoms with Gasteiger partial charge in [-0.25, -0.2) is 9.37 Å². The Morgan fingerprint density at radius 2 is 2.12 bits per heavy atom. The third-order valence-corrected chi connectivity index (χ3v) is 5.31. The zero-order valence-electron chi connectivity index (χ0n) is 13.0. The van der Waals surface area contributed by atoms with Crippen molar-refractivity contribution in [1.29, 1.82) is 0 Å². The number of aromatic nitrogens is 2. The van der Waals surface area contributed by atoms with Crippen molar-refractivity contribution in [2.24, 2.45) is 0 Å². The Hall–Kier alpha value is -1.77. The molecule has 0 bridgehead atoms. The van der Waals surface area contributed by atoms with E-state index < -0.39 is 24.6 Å². The molecule has 136 valence electrons. The molecule has 0 amide bonds. The van der Waals surface area contributed by atoms with Gasteiger partial charge >= 0.3 is 6.61 Å². The molecule has 0 radical (unpaired) electrons. The Bertz CT molecular complexity index is 1010. The van der Waals surface area contributed by atoms with Gasteiger partial charge in [0.1, 0.15) is 23.5 Å². The van der Waals surface area contributed by atoms with E-state index in [0.29, 0.717) is 22.4 Å². The quantitative estimate of drug-likeness (QED) is 0.599. The van der Waals surface area contributed by atoms with Crippen LogP contribution in [0.25, 0.3) is 11.0 Å². The number of hydrogen-bond donors (Lipinski definition) is 1. The molecule has 0 spiro atoms. The van der Waals surface area contributed by atoms with E-state index in [0.717, 1.165) is 0 Å². The first-order valence-electron chi connectivity index (χ1n) is 7.65. The van der Waals surface area contributed by atoms with Crippen LogP contribution in [0.1, 0.15) is 30.0 Å². The summed E-state index contributed by atoms with van der Waals surface area (Å²) >= 11 is 9.41. The monoisotopic (exact) mass is 446 g/mol. The Morgan fingerprint density at radius 3 is 2.85 bits per heavy atom. The maximum Gasteiger partial charge on any atom is 0.387 e. The summed E-state index contributed by atoms with van der Waals surface area (Å²) in [5, 5.41) is 10.6. The predicted molar refractivity (Wildman–Crippen MR) is 93.2 cm³/mol. The van der Waals surface area contributed by atoms with Crippen molar-refractivity contribution in [3.63, 3.8) is 0 Å². The standard InChI is InChI=1S/C17H11BrClF3N2O2/c18-7-4-11-10(5-9(7)20)23-16-13(25)6-12(24(11)16)15-8(19)2-1-3-14(15)26-17(21)22/h1-5,12-13,17,25H,6H2/t12-,13-/m0/s1. The second-order valence-electron chi connectivity index (χ2n) is 5.89. The highest BCUT2D eigenvalue weighted by Crippen LogP contribution is 2.46. The lowest BCUT2D eigenvalue weighted by Gasteiger charge is -2.20. The normalized spacial score (nSPS) is 19.3. The van der Waals surface area contributed by atoms with Gasteiger partial charge in [0.25, 0.3) is 0 Å².